The van der Waals surface area contributed by atoms with Crippen LogP contribution in [0, 0.1) is 5.92 Å². The molecule has 6 nitrogen and oxygen atoms in total. The molecule has 1 saturated carbocycles. The van der Waals surface area contributed by atoms with Crippen LogP contribution in [0.3, 0.4) is 0 Å². The Morgan fingerprint density at radius 2 is 1.78 bits per heavy atom. The van der Waals surface area contributed by atoms with E-state index in [0.29, 0.717) is 13.2 Å². The summed E-state index contributed by atoms with van der Waals surface area (Å²) in [6.07, 6.45) is 4.38. The van der Waals surface area contributed by atoms with Crippen molar-refractivity contribution in [3.63, 3.8) is 0 Å². The van der Waals surface area contributed by atoms with Crippen molar-refractivity contribution in [2.24, 2.45) is 11.7 Å². The number of esters is 1. The van der Waals surface area contributed by atoms with Gasteiger partial charge in [0.2, 0.25) is 0 Å². The zero-order valence-corrected chi connectivity index (χ0v) is 19.1. The van der Waals surface area contributed by atoms with Crippen LogP contribution < -0.4 is 15.2 Å². The number of hydrogen-bond donors (Lipinski definition) is 1. The van der Waals surface area contributed by atoms with Crippen LogP contribution in [0.15, 0.2) is 42.5 Å². The fourth-order valence-electron chi connectivity index (χ4n) is 5.45. The number of ether oxygens (including phenoxy) is 3. The fraction of sp³-hybridized carbons (Fsp3) is 0.500. The number of hydrogen-bond acceptors (Lipinski definition) is 6. The maximum Gasteiger partial charge on any atom is 0.309 e. The van der Waals surface area contributed by atoms with Crippen LogP contribution >= 0.6 is 0 Å². The average molecular weight is 439 g/mol. The van der Waals surface area contributed by atoms with E-state index in [4.69, 9.17) is 19.9 Å². The van der Waals surface area contributed by atoms with Gasteiger partial charge in [-0.2, -0.15) is 0 Å². The van der Waals surface area contributed by atoms with Crippen molar-refractivity contribution in [2.75, 3.05) is 33.9 Å². The average Bonchev–Trinajstić information content (AvgIpc) is 2.85. The van der Waals surface area contributed by atoms with Gasteiger partial charge in [0.05, 0.1) is 20.1 Å². The summed E-state index contributed by atoms with van der Waals surface area (Å²) < 4.78 is 16.8. The number of benzene rings is 2. The van der Waals surface area contributed by atoms with E-state index in [0.717, 1.165) is 62.3 Å². The van der Waals surface area contributed by atoms with E-state index in [1.807, 2.05) is 30.3 Å². The topological polar surface area (TPSA) is 74.0 Å². The molecule has 0 saturated heterocycles. The van der Waals surface area contributed by atoms with Crippen molar-refractivity contribution < 1.29 is 19.0 Å². The van der Waals surface area contributed by atoms with Crippen LogP contribution in [0.2, 0.25) is 0 Å². The van der Waals surface area contributed by atoms with Gasteiger partial charge in [-0.05, 0) is 60.9 Å². The lowest BCUT2D eigenvalue weighted by Gasteiger charge is -2.51. The molecule has 0 radical (unpaired) electrons. The molecule has 1 heterocycles. The lowest BCUT2D eigenvalue weighted by molar-refractivity contribution is -0.152. The van der Waals surface area contributed by atoms with E-state index in [1.54, 1.807) is 14.2 Å². The number of methoxy groups -OCH3 is 2. The normalized spacial score (nSPS) is 22.9. The zero-order valence-electron chi connectivity index (χ0n) is 19.1. The van der Waals surface area contributed by atoms with Crippen LogP contribution in [0.4, 0.5) is 0 Å². The molecular weight excluding hydrogens is 404 g/mol. The molecule has 0 aromatic heterocycles. The van der Waals surface area contributed by atoms with Crippen molar-refractivity contribution >= 4 is 5.97 Å². The minimum Gasteiger partial charge on any atom is -0.493 e. The molecule has 1 fully saturated rings. The van der Waals surface area contributed by atoms with Crippen molar-refractivity contribution in [2.45, 2.75) is 44.2 Å². The molecule has 0 unspecified atom stereocenters. The van der Waals surface area contributed by atoms with E-state index in [-0.39, 0.29) is 17.4 Å². The number of rotatable bonds is 7. The second-order valence-corrected chi connectivity index (χ2v) is 8.79. The molecule has 4 rings (SSSR count). The Morgan fingerprint density at radius 1 is 1.09 bits per heavy atom. The number of carbonyl (C=O) groups is 1. The molecule has 2 aromatic rings. The van der Waals surface area contributed by atoms with Gasteiger partial charge in [-0.3, -0.25) is 9.69 Å². The second kappa shape index (κ2) is 9.92. The number of carbonyl (C=O) groups excluding carboxylic acids is 1. The molecule has 32 heavy (non-hydrogen) atoms. The van der Waals surface area contributed by atoms with E-state index in [2.05, 4.69) is 17.0 Å². The zero-order chi connectivity index (χ0) is 22.6. The highest BCUT2D eigenvalue weighted by Gasteiger charge is 2.46. The van der Waals surface area contributed by atoms with Crippen LogP contribution in [-0.4, -0.2) is 44.7 Å². The maximum absolute atomic E-state index is 12.8. The van der Waals surface area contributed by atoms with Gasteiger partial charge in [0.25, 0.3) is 0 Å². The second-order valence-electron chi connectivity index (χ2n) is 8.79. The van der Waals surface area contributed by atoms with E-state index in [1.165, 1.54) is 11.1 Å². The Morgan fingerprint density at radius 3 is 2.44 bits per heavy atom. The third-order valence-corrected chi connectivity index (χ3v) is 7.14. The lowest BCUT2D eigenvalue weighted by Crippen LogP contribution is -2.54. The largest absolute Gasteiger partial charge is 0.493 e. The van der Waals surface area contributed by atoms with E-state index < -0.39 is 0 Å². The third kappa shape index (κ3) is 4.34. The summed E-state index contributed by atoms with van der Waals surface area (Å²) >= 11 is 0. The first kappa shape index (κ1) is 22.6. The Kier molecular flexibility index (Phi) is 7.01. The molecule has 2 aromatic carbocycles. The van der Waals surface area contributed by atoms with E-state index in [9.17, 15) is 4.79 Å². The van der Waals surface area contributed by atoms with E-state index >= 15 is 0 Å². The predicted octanol–water partition coefficient (Wildman–Crippen LogP) is 3.65. The maximum atomic E-state index is 12.8. The molecule has 172 valence electrons. The number of fused-ring (bicyclic) bond motifs is 2. The molecule has 1 spiro atoms. The summed E-state index contributed by atoms with van der Waals surface area (Å²) in [5.74, 6) is 1.38. The standard InChI is InChI=1S/C26H34N2O4/c1-30-23-16-21-10-14-28(15-13-27)26(22(21)17-24(23)31-2)11-8-20(9-12-26)25(29)32-18-19-6-4-3-5-7-19/h3-7,16-17,20H,8-15,18,27H2,1-2H3/t20-,26+. The van der Waals surface area contributed by atoms with Gasteiger partial charge in [-0.15, -0.1) is 0 Å². The van der Waals surface area contributed by atoms with Crippen molar-refractivity contribution in [1.29, 1.82) is 0 Å². The summed E-state index contributed by atoms with van der Waals surface area (Å²) in [5, 5.41) is 0. The summed E-state index contributed by atoms with van der Waals surface area (Å²) in [6.45, 7) is 2.76. The minimum absolute atomic E-state index is 0.0606. The summed E-state index contributed by atoms with van der Waals surface area (Å²) in [6, 6.07) is 14.1. The Hall–Kier alpha value is -2.57. The summed E-state index contributed by atoms with van der Waals surface area (Å²) in [5.41, 5.74) is 9.48. The SMILES string of the molecule is COc1cc2c(cc1OC)[C@]1(CC[C@H](C(=O)OCc3ccccc3)CC1)N(CCN)CC2. The Bertz CT molecular complexity index is 923. The predicted molar refractivity (Wildman–Crippen MR) is 124 cm³/mol. The van der Waals surface area contributed by atoms with Crippen molar-refractivity contribution in [1.82, 2.24) is 4.90 Å². The number of nitrogens with two attached hydrogens (primary N) is 1. The highest BCUT2D eigenvalue weighted by Crippen LogP contribution is 2.50. The quantitative estimate of drug-likeness (QED) is 0.665. The first-order valence-corrected chi connectivity index (χ1v) is 11.5. The van der Waals surface area contributed by atoms with Crippen LogP contribution in [0.5, 0.6) is 11.5 Å². The monoisotopic (exact) mass is 438 g/mol. The Balaban J connectivity index is 1.53. The Labute approximate surface area is 190 Å². The van der Waals surface area contributed by atoms with Gasteiger partial charge in [-0.25, -0.2) is 0 Å². The number of nitrogens with zero attached hydrogens (tertiary/aromatic N) is 1. The first-order chi connectivity index (χ1) is 15.6. The highest BCUT2D eigenvalue weighted by molar-refractivity contribution is 5.72. The molecule has 1 aliphatic heterocycles. The fourth-order valence-corrected chi connectivity index (χ4v) is 5.45. The van der Waals surface area contributed by atoms with Crippen molar-refractivity contribution in [3.05, 3.63) is 59.2 Å². The smallest absolute Gasteiger partial charge is 0.309 e. The van der Waals surface area contributed by atoms with Crippen LogP contribution in [0.1, 0.15) is 42.4 Å². The van der Waals surface area contributed by atoms with Gasteiger partial charge in [0.1, 0.15) is 6.61 Å². The molecule has 2 aliphatic rings. The highest BCUT2D eigenvalue weighted by atomic mass is 16.5. The van der Waals surface area contributed by atoms with Gasteiger partial charge in [0, 0.05) is 25.2 Å². The molecule has 0 bridgehead atoms. The minimum atomic E-state index is -0.122. The summed E-state index contributed by atoms with van der Waals surface area (Å²) in [4.78, 5) is 15.3. The van der Waals surface area contributed by atoms with Crippen LogP contribution in [0.25, 0.3) is 0 Å². The molecule has 0 amide bonds. The summed E-state index contributed by atoms with van der Waals surface area (Å²) in [7, 11) is 3.35. The van der Waals surface area contributed by atoms with Gasteiger partial charge in [-0.1, -0.05) is 30.3 Å². The lowest BCUT2D eigenvalue weighted by atomic mass is 9.68. The van der Waals surface area contributed by atoms with Gasteiger partial charge in [0.15, 0.2) is 11.5 Å². The van der Waals surface area contributed by atoms with Gasteiger partial charge < -0.3 is 19.9 Å². The molecule has 2 N–H and O–H groups in total. The third-order valence-electron chi connectivity index (χ3n) is 7.14. The first-order valence-electron chi connectivity index (χ1n) is 11.5. The van der Waals surface area contributed by atoms with Gasteiger partial charge >= 0.3 is 5.97 Å². The molecule has 6 heteroatoms. The molecular formula is C26H34N2O4. The molecule has 0 atom stereocenters. The van der Waals surface area contributed by atoms with Crippen molar-refractivity contribution in [3.8, 4) is 11.5 Å². The van der Waals surface area contributed by atoms with Crippen LogP contribution in [-0.2, 0) is 28.1 Å². The molecule has 1 aliphatic carbocycles.